The molecule has 0 aromatic heterocycles. The second kappa shape index (κ2) is 8.67. The van der Waals surface area contributed by atoms with Crippen molar-refractivity contribution in [1.29, 1.82) is 0 Å². The smallest absolute Gasteiger partial charge is 0.222 e. The van der Waals surface area contributed by atoms with Gasteiger partial charge in [0.2, 0.25) is 5.91 Å². The minimum atomic E-state index is 0.0781. The Morgan fingerprint density at radius 3 is 2.39 bits per heavy atom. The lowest BCUT2D eigenvalue weighted by molar-refractivity contribution is -0.132. The molecule has 1 amide bonds. The summed E-state index contributed by atoms with van der Waals surface area (Å²) in [6.45, 7) is 1.63. The van der Waals surface area contributed by atoms with Crippen LogP contribution >= 0.6 is 0 Å². The van der Waals surface area contributed by atoms with Crippen LogP contribution in [-0.4, -0.2) is 49.9 Å². The Kier molecular flexibility index (Phi) is 6.59. The van der Waals surface area contributed by atoms with Gasteiger partial charge in [0.05, 0.1) is 7.11 Å². The summed E-state index contributed by atoms with van der Waals surface area (Å²) in [7, 11) is 3.56. The third kappa shape index (κ3) is 5.06. The van der Waals surface area contributed by atoms with Gasteiger partial charge in [-0.2, -0.15) is 0 Å². The van der Waals surface area contributed by atoms with Gasteiger partial charge in [0.15, 0.2) is 5.78 Å². The van der Waals surface area contributed by atoms with Crippen molar-refractivity contribution in [2.45, 2.75) is 38.1 Å². The molecule has 1 aliphatic heterocycles. The van der Waals surface area contributed by atoms with Gasteiger partial charge < -0.3 is 15.0 Å². The molecule has 1 fully saturated rings. The molecule has 0 spiro atoms. The maximum absolute atomic E-state index is 12.2. The highest BCUT2D eigenvalue weighted by Gasteiger charge is 2.21. The van der Waals surface area contributed by atoms with Crippen LogP contribution in [0.3, 0.4) is 0 Å². The van der Waals surface area contributed by atoms with E-state index >= 15 is 0 Å². The Balaban J connectivity index is 1.71. The number of ether oxygens (including phenoxy) is 1. The summed E-state index contributed by atoms with van der Waals surface area (Å²) < 4.78 is 5.08. The Bertz CT molecular complexity index is 520. The van der Waals surface area contributed by atoms with Crippen molar-refractivity contribution in [2.75, 3.05) is 27.2 Å². The van der Waals surface area contributed by atoms with Gasteiger partial charge in [-0.25, -0.2) is 0 Å². The van der Waals surface area contributed by atoms with Crippen molar-refractivity contribution < 1.29 is 14.3 Å². The summed E-state index contributed by atoms with van der Waals surface area (Å²) in [5, 5.41) is 3.26. The summed E-state index contributed by atoms with van der Waals surface area (Å²) in [6, 6.07) is 7.63. The van der Waals surface area contributed by atoms with Gasteiger partial charge in [0, 0.05) is 37.5 Å². The van der Waals surface area contributed by atoms with E-state index in [1.165, 1.54) is 0 Å². The van der Waals surface area contributed by atoms with Gasteiger partial charge in [-0.15, -0.1) is 0 Å². The molecule has 5 heteroatoms. The minimum Gasteiger partial charge on any atom is -0.497 e. The number of benzene rings is 1. The number of carbonyl (C=O) groups excluding carboxylic acids is 2. The molecule has 1 N–H and O–H groups in total. The Morgan fingerprint density at radius 2 is 1.83 bits per heavy atom. The van der Waals surface area contributed by atoms with Crippen molar-refractivity contribution in [3.63, 3.8) is 0 Å². The van der Waals surface area contributed by atoms with E-state index in [9.17, 15) is 9.59 Å². The molecule has 1 aromatic carbocycles. The van der Waals surface area contributed by atoms with E-state index in [1.807, 2.05) is 11.9 Å². The molecular weight excluding hydrogens is 292 g/mol. The van der Waals surface area contributed by atoms with E-state index in [0.29, 0.717) is 30.9 Å². The molecule has 0 unspecified atom stereocenters. The molecule has 1 saturated heterocycles. The number of rotatable bonds is 7. The number of amides is 1. The predicted molar refractivity (Wildman–Crippen MR) is 89.8 cm³/mol. The third-order valence-electron chi connectivity index (χ3n) is 4.46. The lowest BCUT2D eigenvalue weighted by Gasteiger charge is -2.31. The first-order valence-electron chi connectivity index (χ1n) is 8.26. The van der Waals surface area contributed by atoms with E-state index in [4.69, 9.17) is 4.74 Å². The molecule has 0 bridgehead atoms. The molecule has 0 radical (unpaired) electrons. The number of nitrogens with one attached hydrogen (secondary N) is 1. The summed E-state index contributed by atoms with van der Waals surface area (Å²) in [4.78, 5) is 26.2. The number of likely N-dealkylation sites (tertiary alicyclic amines) is 1. The zero-order valence-corrected chi connectivity index (χ0v) is 14.0. The van der Waals surface area contributed by atoms with Crippen molar-refractivity contribution in [1.82, 2.24) is 10.2 Å². The number of methoxy groups -OCH3 is 1. The molecule has 2 rings (SSSR count). The van der Waals surface area contributed by atoms with Crippen molar-refractivity contribution in [3.8, 4) is 5.75 Å². The van der Waals surface area contributed by atoms with Crippen LogP contribution < -0.4 is 10.1 Å². The van der Waals surface area contributed by atoms with E-state index < -0.39 is 0 Å². The molecule has 1 heterocycles. The number of nitrogens with zero attached hydrogens (tertiary/aromatic N) is 1. The second-order valence-corrected chi connectivity index (χ2v) is 5.95. The highest BCUT2D eigenvalue weighted by molar-refractivity contribution is 5.96. The topological polar surface area (TPSA) is 58.6 Å². The highest BCUT2D eigenvalue weighted by Crippen LogP contribution is 2.15. The van der Waals surface area contributed by atoms with Gasteiger partial charge in [-0.1, -0.05) is 0 Å². The highest BCUT2D eigenvalue weighted by atomic mass is 16.5. The summed E-state index contributed by atoms with van der Waals surface area (Å²) >= 11 is 0. The zero-order chi connectivity index (χ0) is 16.7. The van der Waals surface area contributed by atoms with Crippen LogP contribution in [-0.2, 0) is 4.79 Å². The number of carbonyl (C=O) groups is 2. The second-order valence-electron chi connectivity index (χ2n) is 5.95. The Hall–Kier alpha value is -1.88. The maximum atomic E-state index is 12.2. The molecule has 1 aliphatic rings. The van der Waals surface area contributed by atoms with Gasteiger partial charge in [-0.3, -0.25) is 9.59 Å². The number of ketones is 1. The average Bonchev–Trinajstić information content (AvgIpc) is 2.61. The fourth-order valence-electron chi connectivity index (χ4n) is 2.90. The number of piperidine rings is 1. The maximum Gasteiger partial charge on any atom is 0.222 e. The zero-order valence-electron chi connectivity index (χ0n) is 14.0. The number of hydrogen-bond donors (Lipinski definition) is 1. The first kappa shape index (κ1) is 17.5. The first-order valence-corrected chi connectivity index (χ1v) is 8.26. The van der Waals surface area contributed by atoms with Crippen LogP contribution in [0.15, 0.2) is 24.3 Å². The van der Waals surface area contributed by atoms with Crippen LogP contribution in [0.2, 0.25) is 0 Å². The van der Waals surface area contributed by atoms with Crippen LogP contribution in [0.5, 0.6) is 5.75 Å². The fourth-order valence-corrected chi connectivity index (χ4v) is 2.90. The molecular formula is C18H26N2O3. The number of Topliss-reactive ketones (excluding diaryl/α,β-unsaturated/α-hetero) is 1. The fraction of sp³-hybridized carbons (Fsp3) is 0.556. The summed E-state index contributed by atoms with van der Waals surface area (Å²) in [5.41, 5.74) is 0.674. The Morgan fingerprint density at radius 1 is 1.17 bits per heavy atom. The van der Waals surface area contributed by atoms with E-state index in [1.54, 1.807) is 31.4 Å². The van der Waals surface area contributed by atoms with Crippen LogP contribution in [0.1, 0.15) is 42.5 Å². The van der Waals surface area contributed by atoms with Crippen LogP contribution in [0.4, 0.5) is 0 Å². The van der Waals surface area contributed by atoms with E-state index in [2.05, 4.69) is 5.32 Å². The van der Waals surface area contributed by atoms with Crippen molar-refractivity contribution in [3.05, 3.63) is 29.8 Å². The van der Waals surface area contributed by atoms with Gasteiger partial charge in [0.1, 0.15) is 5.75 Å². The molecule has 5 nitrogen and oxygen atoms in total. The monoisotopic (exact) mass is 318 g/mol. The quantitative estimate of drug-likeness (QED) is 0.784. The first-order chi connectivity index (χ1) is 11.1. The standard InChI is InChI=1S/C18H26N2O3/c1-19-15-10-12-20(13-11-15)18(22)5-3-4-17(21)14-6-8-16(23-2)9-7-14/h6-9,15,19H,3-5,10-13H2,1-2H3. The van der Waals surface area contributed by atoms with E-state index in [0.717, 1.165) is 31.7 Å². The Labute approximate surface area is 138 Å². The van der Waals surface area contributed by atoms with Gasteiger partial charge >= 0.3 is 0 Å². The largest absolute Gasteiger partial charge is 0.497 e. The SMILES string of the molecule is CNC1CCN(C(=O)CCCC(=O)c2ccc(OC)cc2)CC1. The average molecular weight is 318 g/mol. The van der Waals surface area contributed by atoms with Crippen LogP contribution in [0, 0.1) is 0 Å². The lowest BCUT2D eigenvalue weighted by atomic mass is 10.0. The summed E-state index contributed by atoms with van der Waals surface area (Å²) in [5.74, 6) is 0.984. The summed E-state index contributed by atoms with van der Waals surface area (Å²) in [6.07, 6.45) is 3.48. The molecule has 0 aliphatic carbocycles. The van der Waals surface area contributed by atoms with Gasteiger partial charge in [-0.05, 0) is 50.6 Å². The van der Waals surface area contributed by atoms with E-state index in [-0.39, 0.29) is 11.7 Å². The molecule has 1 aromatic rings. The molecule has 23 heavy (non-hydrogen) atoms. The van der Waals surface area contributed by atoms with Crippen LogP contribution in [0.25, 0.3) is 0 Å². The normalized spacial score (nSPS) is 15.5. The third-order valence-corrected chi connectivity index (χ3v) is 4.46. The molecule has 0 atom stereocenters. The van der Waals surface area contributed by atoms with Crippen molar-refractivity contribution in [2.24, 2.45) is 0 Å². The molecule has 0 saturated carbocycles. The van der Waals surface area contributed by atoms with Gasteiger partial charge in [0.25, 0.3) is 0 Å². The number of hydrogen-bond acceptors (Lipinski definition) is 4. The minimum absolute atomic E-state index is 0.0781. The lowest BCUT2D eigenvalue weighted by Crippen LogP contribution is -2.43. The van der Waals surface area contributed by atoms with Crippen molar-refractivity contribution >= 4 is 11.7 Å². The predicted octanol–water partition coefficient (Wildman–Crippen LogP) is 2.26. The molecule has 126 valence electrons.